The molecular formula is C17H22N2O2. The van der Waals surface area contributed by atoms with Crippen LogP contribution in [-0.2, 0) is 0 Å². The Morgan fingerprint density at radius 3 is 2.76 bits per heavy atom. The molecule has 112 valence electrons. The first-order chi connectivity index (χ1) is 9.98. The number of rotatable bonds is 3. The van der Waals surface area contributed by atoms with Gasteiger partial charge in [-0.1, -0.05) is 12.8 Å². The van der Waals surface area contributed by atoms with Crippen molar-refractivity contribution in [2.45, 2.75) is 45.1 Å². The molecule has 3 N–H and O–H groups in total. The number of carbonyl (C=O) groups excluding carboxylic acids is 1. The van der Waals surface area contributed by atoms with Gasteiger partial charge in [0.1, 0.15) is 0 Å². The molecule has 21 heavy (non-hydrogen) atoms. The summed E-state index contributed by atoms with van der Waals surface area (Å²) in [6.45, 7) is 4.43. The molecule has 4 heteroatoms. The van der Waals surface area contributed by atoms with Crippen molar-refractivity contribution in [2.75, 3.05) is 6.54 Å². The molecular weight excluding hydrogens is 264 g/mol. The first-order valence-corrected chi connectivity index (χ1v) is 7.58. The standard InChI is InChI=1S/C17H22N2O2/c1-11-12(2)19-15-6-5-13(9-14(11)15)16(20)18-10-17(21)7-3-4-8-17/h5-6,9,19,21H,3-4,7-8,10H2,1-2H3,(H,18,20). The molecule has 1 aromatic heterocycles. The second-order valence-corrected chi connectivity index (χ2v) is 6.25. The summed E-state index contributed by atoms with van der Waals surface area (Å²) in [5, 5.41) is 14.2. The maximum absolute atomic E-state index is 12.3. The monoisotopic (exact) mass is 286 g/mol. The van der Waals surface area contributed by atoms with Gasteiger partial charge in [0.15, 0.2) is 0 Å². The molecule has 0 radical (unpaired) electrons. The number of benzene rings is 1. The molecule has 2 aromatic rings. The van der Waals surface area contributed by atoms with E-state index in [-0.39, 0.29) is 5.91 Å². The molecule has 0 atom stereocenters. The maximum Gasteiger partial charge on any atom is 0.251 e. The summed E-state index contributed by atoms with van der Waals surface area (Å²) in [6.07, 6.45) is 3.64. The number of aromatic amines is 1. The highest BCUT2D eigenvalue weighted by molar-refractivity contribution is 5.99. The van der Waals surface area contributed by atoms with Gasteiger partial charge in [0, 0.05) is 28.7 Å². The molecule has 0 saturated heterocycles. The lowest BCUT2D eigenvalue weighted by atomic mass is 10.0. The fourth-order valence-electron chi connectivity index (χ4n) is 3.16. The second kappa shape index (κ2) is 5.19. The van der Waals surface area contributed by atoms with Crippen LogP contribution in [0.5, 0.6) is 0 Å². The van der Waals surface area contributed by atoms with Crippen molar-refractivity contribution < 1.29 is 9.90 Å². The summed E-state index contributed by atoms with van der Waals surface area (Å²) in [5.41, 5.74) is 3.29. The Balaban J connectivity index is 1.76. The minimum absolute atomic E-state index is 0.115. The van der Waals surface area contributed by atoms with Gasteiger partial charge >= 0.3 is 0 Å². The average molecular weight is 286 g/mol. The fourth-order valence-corrected chi connectivity index (χ4v) is 3.16. The average Bonchev–Trinajstić information content (AvgIpc) is 3.02. The lowest BCUT2D eigenvalue weighted by Gasteiger charge is -2.22. The van der Waals surface area contributed by atoms with Gasteiger partial charge in [-0.15, -0.1) is 0 Å². The van der Waals surface area contributed by atoms with Crippen molar-refractivity contribution in [3.63, 3.8) is 0 Å². The Bertz CT molecular complexity index is 681. The van der Waals surface area contributed by atoms with E-state index in [9.17, 15) is 9.90 Å². The highest BCUT2D eigenvalue weighted by Crippen LogP contribution is 2.28. The van der Waals surface area contributed by atoms with Crippen molar-refractivity contribution in [1.29, 1.82) is 0 Å². The van der Waals surface area contributed by atoms with Gasteiger partial charge in [-0.05, 0) is 50.5 Å². The third-order valence-electron chi connectivity index (χ3n) is 4.68. The van der Waals surface area contributed by atoms with E-state index in [1.54, 1.807) is 0 Å². The van der Waals surface area contributed by atoms with Crippen molar-refractivity contribution >= 4 is 16.8 Å². The molecule has 1 fully saturated rings. The Labute approximate surface area is 124 Å². The lowest BCUT2D eigenvalue weighted by Crippen LogP contribution is -2.40. The van der Waals surface area contributed by atoms with Gasteiger partial charge in [-0.3, -0.25) is 4.79 Å². The van der Waals surface area contributed by atoms with Gasteiger partial charge in [0.25, 0.3) is 5.91 Å². The zero-order valence-electron chi connectivity index (χ0n) is 12.6. The Kier molecular flexibility index (Phi) is 3.49. The molecule has 0 unspecified atom stereocenters. The molecule has 1 aliphatic carbocycles. The van der Waals surface area contributed by atoms with Gasteiger partial charge in [0.05, 0.1) is 5.60 Å². The molecule has 0 bridgehead atoms. The van der Waals surface area contributed by atoms with E-state index in [2.05, 4.69) is 17.2 Å². The molecule has 1 amide bonds. The molecule has 0 aliphatic heterocycles. The quantitative estimate of drug-likeness (QED) is 0.812. The van der Waals surface area contributed by atoms with Gasteiger partial charge < -0.3 is 15.4 Å². The van der Waals surface area contributed by atoms with Crippen LogP contribution in [0.15, 0.2) is 18.2 Å². The van der Waals surface area contributed by atoms with Crippen LogP contribution in [0.25, 0.3) is 10.9 Å². The van der Waals surface area contributed by atoms with Crippen LogP contribution in [-0.4, -0.2) is 28.1 Å². The topological polar surface area (TPSA) is 65.1 Å². The number of aliphatic hydroxyl groups is 1. The number of carbonyl (C=O) groups is 1. The van der Waals surface area contributed by atoms with E-state index < -0.39 is 5.60 Å². The number of nitrogens with one attached hydrogen (secondary N) is 2. The Hall–Kier alpha value is -1.81. The summed E-state index contributed by atoms with van der Waals surface area (Å²) in [7, 11) is 0. The number of hydrogen-bond acceptors (Lipinski definition) is 2. The number of aryl methyl sites for hydroxylation is 2. The summed E-state index contributed by atoms with van der Waals surface area (Å²) >= 11 is 0. The first kappa shape index (κ1) is 14.1. The van der Waals surface area contributed by atoms with Crippen molar-refractivity contribution in [3.8, 4) is 0 Å². The van der Waals surface area contributed by atoms with Crippen LogP contribution in [0.4, 0.5) is 0 Å². The summed E-state index contributed by atoms with van der Waals surface area (Å²) in [6, 6.07) is 5.68. The van der Waals surface area contributed by atoms with Crippen LogP contribution in [0.2, 0.25) is 0 Å². The SMILES string of the molecule is Cc1[nH]c2ccc(C(=O)NCC3(O)CCCC3)cc2c1C. The van der Waals surface area contributed by atoms with Crippen LogP contribution in [0, 0.1) is 13.8 Å². The maximum atomic E-state index is 12.3. The van der Waals surface area contributed by atoms with Crippen molar-refractivity contribution in [2.24, 2.45) is 0 Å². The first-order valence-electron chi connectivity index (χ1n) is 7.58. The van der Waals surface area contributed by atoms with Gasteiger partial charge in [0.2, 0.25) is 0 Å². The summed E-state index contributed by atoms with van der Waals surface area (Å²) in [5.74, 6) is -0.115. The van der Waals surface area contributed by atoms with Gasteiger partial charge in [-0.2, -0.15) is 0 Å². The molecule has 1 saturated carbocycles. The van der Waals surface area contributed by atoms with E-state index in [1.807, 2.05) is 25.1 Å². The minimum Gasteiger partial charge on any atom is -0.388 e. The van der Waals surface area contributed by atoms with Crippen molar-refractivity contribution in [3.05, 3.63) is 35.0 Å². The predicted octanol–water partition coefficient (Wildman–Crippen LogP) is 2.82. The van der Waals surface area contributed by atoms with E-state index in [0.29, 0.717) is 12.1 Å². The minimum atomic E-state index is -0.708. The van der Waals surface area contributed by atoms with Crippen LogP contribution in [0.3, 0.4) is 0 Å². The lowest BCUT2D eigenvalue weighted by molar-refractivity contribution is 0.0450. The van der Waals surface area contributed by atoms with Crippen molar-refractivity contribution in [1.82, 2.24) is 10.3 Å². The number of aromatic nitrogens is 1. The third kappa shape index (κ3) is 2.68. The Morgan fingerprint density at radius 2 is 2.05 bits per heavy atom. The molecule has 1 aliphatic rings. The van der Waals surface area contributed by atoms with Crippen LogP contribution in [0.1, 0.15) is 47.3 Å². The number of H-pyrrole nitrogens is 1. The zero-order valence-corrected chi connectivity index (χ0v) is 12.6. The van der Waals surface area contributed by atoms with Crippen LogP contribution >= 0.6 is 0 Å². The van der Waals surface area contributed by atoms with E-state index in [0.717, 1.165) is 42.3 Å². The zero-order chi connectivity index (χ0) is 15.0. The molecule has 1 heterocycles. The number of amides is 1. The molecule has 4 nitrogen and oxygen atoms in total. The number of fused-ring (bicyclic) bond motifs is 1. The normalized spacial score (nSPS) is 17.3. The fraction of sp³-hybridized carbons (Fsp3) is 0.471. The summed E-state index contributed by atoms with van der Waals surface area (Å²) in [4.78, 5) is 15.6. The smallest absolute Gasteiger partial charge is 0.251 e. The van der Waals surface area contributed by atoms with Crippen LogP contribution < -0.4 is 5.32 Å². The third-order valence-corrected chi connectivity index (χ3v) is 4.68. The number of hydrogen-bond donors (Lipinski definition) is 3. The Morgan fingerprint density at radius 1 is 1.33 bits per heavy atom. The summed E-state index contributed by atoms with van der Waals surface area (Å²) < 4.78 is 0. The van der Waals surface area contributed by atoms with E-state index in [4.69, 9.17) is 0 Å². The van der Waals surface area contributed by atoms with E-state index in [1.165, 1.54) is 5.56 Å². The molecule has 0 spiro atoms. The molecule has 1 aromatic carbocycles. The van der Waals surface area contributed by atoms with Gasteiger partial charge in [-0.25, -0.2) is 0 Å². The largest absolute Gasteiger partial charge is 0.388 e. The highest BCUT2D eigenvalue weighted by atomic mass is 16.3. The molecule has 3 rings (SSSR count). The second-order valence-electron chi connectivity index (χ2n) is 6.25. The predicted molar refractivity (Wildman–Crippen MR) is 83.5 cm³/mol. The van der Waals surface area contributed by atoms with E-state index >= 15 is 0 Å². The highest BCUT2D eigenvalue weighted by Gasteiger charge is 2.31.